The van der Waals surface area contributed by atoms with E-state index in [9.17, 15) is 4.79 Å². The van der Waals surface area contributed by atoms with E-state index in [1.54, 1.807) is 26.0 Å². The summed E-state index contributed by atoms with van der Waals surface area (Å²) < 4.78 is 10.2. The van der Waals surface area contributed by atoms with Crippen LogP contribution in [0.3, 0.4) is 0 Å². The summed E-state index contributed by atoms with van der Waals surface area (Å²) in [5.74, 6) is 1.85. The van der Waals surface area contributed by atoms with Crippen LogP contribution in [-0.4, -0.2) is 68.5 Å². The smallest absolute Gasteiger partial charge is 0.240 e. The zero-order valence-electron chi connectivity index (χ0n) is 10.8. The molecule has 0 aromatic rings. The minimum atomic E-state index is -0.0591. The van der Waals surface area contributed by atoms with Gasteiger partial charge in [-0.2, -0.15) is 0 Å². The van der Waals surface area contributed by atoms with Crippen molar-refractivity contribution in [3.8, 4) is 0 Å². The Morgan fingerprint density at radius 2 is 2.29 bits per heavy atom. The van der Waals surface area contributed by atoms with Crippen molar-refractivity contribution in [3.05, 3.63) is 0 Å². The van der Waals surface area contributed by atoms with Crippen LogP contribution in [0.4, 0.5) is 0 Å². The van der Waals surface area contributed by atoms with Crippen LogP contribution >= 0.6 is 11.8 Å². The van der Waals surface area contributed by atoms with Gasteiger partial charge in [-0.1, -0.05) is 0 Å². The molecule has 0 bridgehead atoms. The minimum absolute atomic E-state index is 0.0591. The molecule has 1 saturated heterocycles. The van der Waals surface area contributed by atoms with E-state index < -0.39 is 0 Å². The first-order valence-electron chi connectivity index (χ1n) is 5.80. The molecule has 100 valence electrons. The van der Waals surface area contributed by atoms with Crippen molar-refractivity contribution in [3.63, 3.8) is 0 Å². The highest BCUT2D eigenvalue weighted by molar-refractivity contribution is 7.99. The molecule has 0 spiro atoms. The summed E-state index contributed by atoms with van der Waals surface area (Å²) >= 11 is 1.76. The molecule has 1 fully saturated rings. The van der Waals surface area contributed by atoms with E-state index >= 15 is 0 Å². The summed E-state index contributed by atoms with van der Waals surface area (Å²) in [5.41, 5.74) is 0. The Morgan fingerprint density at radius 1 is 1.53 bits per heavy atom. The van der Waals surface area contributed by atoms with Crippen LogP contribution in [0.2, 0.25) is 0 Å². The summed E-state index contributed by atoms with van der Waals surface area (Å²) in [6.07, 6.45) is 0. The van der Waals surface area contributed by atoms with Crippen molar-refractivity contribution in [1.29, 1.82) is 0 Å². The second kappa shape index (κ2) is 7.92. The molecule has 1 rings (SSSR count). The third-order valence-electron chi connectivity index (χ3n) is 2.77. The minimum Gasteiger partial charge on any atom is -0.383 e. The van der Waals surface area contributed by atoms with Crippen LogP contribution in [0.1, 0.15) is 6.92 Å². The molecular weight excluding hydrogens is 240 g/mol. The average Bonchev–Trinajstić information content (AvgIpc) is 2.83. The van der Waals surface area contributed by atoms with Crippen LogP contribution in [-0.2, 0) is 14.3 Å². The number of nitrogens with zero attached hydrogens (tertiary/aromatic N) is 1. The number of amides is 1. The van der Waals surface area contributed by atoms with E-state index in [-0.39, 0.29) is 18.0 Å². The lowest BCUT2D eigenvalue weighted by Gasteiger charge is -2.30. The molecule has 1 heterocycles. The lowest BCUT2D eigenvalue weighted by atomic mass is 10.2. The number of thioether (sulfide) groups is 1. The molecule has 1 amide bonds. The Labute approximate surface area is 107 Å². The van der Waals surface area contributed by atoms with Crippen molar-refractivity contribution in [2.75, 3.05) is 45.6 Å². The van der Waals surface area contributed by atoms with Crippen LogP contribution in [0.15, 0.2) is 0 Å². The second-order valence-electron chi connectivity index (χ2n) is 4.10. The Morgan fingerprint density at radius 3 is 2.82 bits per heavy atom. The molecule has 0 aromatic carbocycles. The highest BCUT2D eigenvalue weighted by Crippen LogP contribution is 2.13. The highest BCUT2D eigenvalue weighted by atomic mass is 32.2. The Kier molecular flexibility index (Phi) is 6.87. The standard InChI is InChI=1S/C11H22N2O3S/c1-9(6-16-3)13(4-5-15-2)11(14)10-7-17-8-12-10/h9-10,12H,4-8H2,1-3H3. The van der Waals surface area contributed by atoms with E-state index in [4.69, 9.17) is 9.47 Å². The predicted octanol–water partition coefficient (Wildman–Crippen LogP) is 0.159. The summed E-state index contributed by atoms with van der Waals surface area (Å²) in [6, 6.07) is 0.0196. The summed E-state index contributed by atoms with van der Waals surface area (Å²) in [4.78, 5) is 14.2. The molecule has 1 aliphatic rings. The number of carbonyl (C=O) groups excluding carboxylic acids is 1. The number of hydrogen-bond acceptors (Lipinski definition) is 5. The number of ether oxygens (including phenoxy) is 2. The quantitative estimate of drug-likeness (QED) is 0.708. The molecule has 1 N–H and O–H groups in total. The van der Waals surface area contributed by atoms with Gasteiger partial charge in [0, 0.05) is 32.4 Å². The van der Waals surface area contributed by atoms with Gasteiger partial charge in [0.15, 0.2) is 0 Å². The maximum Gasteiger partial charge on any atom is 0.240 e. The van der Waals surface area contributed by atoms with Crippen molar-refractivity contribution in [2.45, 2.75) is 19.0 Å². The van der Waals surface area contributed by atoms with Crippen molar-refractivity contribution < 1.29 is 14.3 Å². The zero-order chi connectivity index (χ0) is 12.7. The van der Waals surface area contributed by atoms with Gasteiger partial charge in [0.25, 0.3) is 0 Å². The van der Waals surface area contributed by atoms with Gasteiger partial charge in [0.1, 0.15) is 0 Å². The summed E-state index contributed by atoms with van der Waals surface area (Å²) in [5, 5.41) is 3.20. The maximum absolute atomic E-state index is 12.3. The molecule has 0 radical (unpaired) electrons. The fraction of sp³-hybridized carbons (Fsp3) is 0.909. The number of hydrogen-bond donors (Lipinski definition) is 1. The van der Waals surface area contributed by atoms with Gasteiger partial charge < -0.3 is 14.4 Å². The van der Waals surface area contributed by atoms with E-state index in [0.717, 1.165) is 11.6 Å². The van der Waals surface area contributed by atoms with Gasteiger partial charge >= 0.3 is 0 Å². The number of carbonyl (C=O) groups is 1. The average molecular weight is 262 g/mol. The molecule has 0 saturated carbocycles. The Bertz CT molecular complexity index is 235. The fourth-order valence-corrected chi connectivity index (χ4v) is 2.76. The molecule has 2 atom stereocenters. The molecule has 0 aromatic heterocycles. The highest BCUT2D eigenvalue weighted by Gasteiger charge is 2.29. The van der Waals surface area contributed by atoms with Crippen LogP contribution < -0.4 is 5.32 Å². The summed E-state index contributed by atoms with van der Waals surface area (Å²) in [6.45, 7) is 3.72. The van der Waals surface area contributed by atoms with Gasteiger partial charge in [0.05, 0.1) is 25.3 Å². The Balaban J connectivity index is 2.56. The largest absolute Gasteiger partial charge is 0.383 e. The first-order valence-corrected chi connectivity index (χ1v) is 6.95. The van der Waals surface area contributed by atoms with Crippen molar-refractivity contribution >= 4 is 17.7 Å². The monoisotopic (exact) mass is 262 g/mol. The molecule has 5 nitrogen and oxygen atoms in total. The van der Waals surface area contributed by atoms with Gasteiger partial charge in [-0.05, 0) is 6.92 Å². The normalized spacial score (nSPS) is 21.5. The number of rotatable bonds is 7. The topological polar surface area (TPSA) is 50.8 Å². The first kappa shape index (κ1) is 14.8. The van der Waals surface area contributed by atoms with Gasteiger partial charge in [0.2, 0.25) is 5.91 Å². The van der Waals surface area contributed by atoms with E-state index in [0.29, 0.717) is 19.8 Å². The third-order valence-corrected chi connectivity index (χ3v) is 3.71. The van der Waals surface area contributed by atoms with Crippen LogP contribution in [0.25, 0.3) is 0 Å². The zero-order valence-corrected chi connectivity index (χ0v) is 11.6. The van der Waals surface area contributed by atoms with E-state index in [1.165, 1.54) is 0 Å². The molecule has 6 heteroatoms. The number of methoxy groups -OCH3 is 2. The van der Waals surface area contributed by atoms with Crippen LogP contribution in [0.5, 0.6) is 0 Å². The molecule has 0 aliphatic carbocycles. The summed E-state index contributed by atoms with van der Waals surface area (Å²) in [7, 11) is 3.30. The maximum atomic E-state index is 12.3. The van der Waals surface area contributed by atoms with E-state index in [1.807, 2.05) is 11.8 Å². The third kappa shape index (κ3) is 4.46. The molecule has 17 heavy (non-hydrogen) atoms. The van der Waals surface area contributed by atoms with Crippen molar-refractivity contribution in [2.24, 2.45) is 0 Å². The molecule has 2 unspecified atom stereocenters. The van der Waals surface area contributed by atoms with Gasteiger partial charge in [-0.3, -0.25) is 10.1 Å². The first-order chi connectivity index (χ1) is 8.20. The predicted molar refractivity (Wildman–Crippen MR) is 69.2 cm³/mol. The SMILES string of the molecule is COCCN(C(=O)C1CSCN1)C(C)COC. The number of nitrogens with one attached hydrogen (secondary N) is 1. The van der Waals surface area contributed by atoms with Crippen LogP contribution in [0, 0.1) is 0 Å². The Hall–Kier alpha value is -0.300. The van der Waals surface area contributed by atoms with Gasteiger partial charge in [-0.15, -0.1) is 11.8 Å². The van der Waals surface area contributed by atoms with Gasteiger partial charge in [-0.25, -0.2) is 0 Å². The fourth-order valence-electron chi connectivity index (χ4n) is 1.82. The lowest BCUT2D eigenvalue weighted by Crippen LogP contribution is -2.51. The lowest BCUT2D eigenvalue weighted by molar-refractivity contribution is -0.136. The van der Waals surface area contributed by atoms with E-state index in [2.05, 4.69) is 5.32 Å². The second-order valence-corrected chi connectivity index (χ2v) is 5.13. The molecule has 1 aliphatic heterocycles. The molecular formula is C11H22N2O3S. The van der Waals surface area contributed by atoms with Crippen molar-refractivity contribution in [1.82, 2.24) is 10.2 Å².